The second-order valence-corrected chi connectivity index (χ2v) is 4.75. The summed E-state index contributed by atoms with van der Waals surface area (Å²) in [5.74, 6) is 2.03. The molecule has 0 spiro atoms. The topological polar surface area (TPSA) is 41.5 Å². The molecule has 0 heterocycles. The van der Waals surface area contributed by atoms with Gasteiger partial charge in [-0.1, -0.05) is 6.08 Å². The van der Waals surface area contributed by atoms with Gasteiger partial charge < -0.3 is 15.2 Å². The zero-order valence-electron chi connectivity index (χ0n) is 9.74. The Morgan fingerprint density at radius 1 is 1.53 bits per heavy atom. The predicted molar refractivity (Wildman–Crippen MR) is 67.5 cm³/mol. The molecule has 0 amide bonds. The lowest BCUT2D eigenvalue weighted by molar-refractivity contribution is 0.00664. The molecule has 0 fully saturated rings. The van der Waals surface area contributed by atoms with Crippen molar-refractivity contribution in [3.05, 3.63) is 12.7 Å². The van der Waals surface area contributed by atoms with Crippen molar-refractivity contribution in [3.63, 3.8) is 0 Å². The monoisotopic (exact) mass is 233 g/mol. The second-order valence-electron chi connectivity index (χ2n) is 3.60. The van der Waals surface area contributed by atoms with Crippen LogP contribution in [0, 0.1) is 0 Å². The molecule has 1 unspecified atom stereocenters. The Balaban J connectivity index is 3.16. The van der Waals surface area contributed by atoms with Crippen molar-refractivity contribution < 1.29 is 9.84 Å². The van der Waals surface area contributed by atoms with Gasteiger partial charge in [-0.3, -0.25) is 0 Å². The largest absolute Gasteiger partial charge is 0.389 e. The van der Waals surface area contributed by atoms with Gasteiger partial charge in [0.25, 0.3) is 0 Å². The summed E-state index contributed by atoms with van der Waals surface area (Å²) in [6.07, 6.45) is 1.68. The predicted octanol–water partition coefficient (Wildman–Crippen LogP) is 1.28. The molecule has 0 aromatic heterocycles. The van der Waals surface area contributed by atoms with Crippen LogP contribution in [-0.2, 0) is 4.74 Å². The van der Waals surface area contributed by atoms with Crippen LogP contribution in [0.15, 0.2) is 12.7 Å². The summed E-state index contributed by atoms with van der Waals surface area (Å²) in [6, 6.07) is 0. The van der Waals surface area contributed by atoms with Crippen LogP contribution in [0.3, 0.4) is 0 Å². The molecule has 15 heavy (non-hydrogen) atoms. The minimum atomic E-state index is -0.406. The van der Waals surface area contributed by atoms with Gasteiger partial charge in [0.05, 0.1) is 18.8 Å². The highest BCUT2D eigenvalue weighted by Gasteiger charge is 2.04. The molecule has 0 aliphatic heterocycles. The van der Waals surface area contributed by atoms with Crippen LogP contribution in [0.4, 0.5) is 0 Å². The number of aliphatic hydroxyl groups is 1. The molecule has 4 heteroatoms. The molecule has 2 N–H and O–H groups in total. The van der Waals surface area contributed by atoms with Gasteiger partial charge >= 0.3 is 0 Å². The molecule has 0 aromatic rings. The highest BCUT2D eigenvalue weighted by molar-refractivity contribution is 7.99. The van der Waals surface area contributed by atoms with E-state index in [4.69, 9.17) is 4.74 Å². The third-order valence-electron chi connectivity index (χ3n) is 1.66. The van der Waals surface area contributed by atoms with E-state index in [1.807, 2.05) is 31.7 Å². The van der Waals surface area contributed by atoms with Gasteiger partial charge in [0, 0.05) is 24.6 Å². The zero-order chi connectivity index (χ0) is 11.5. The van der Waals surface area contributed by atoms with Gasteiger partial charge in [0.15, 0.2) is 0 Å². The van der Waals surface area contributed by atoms with Crippen LogP contribution >= 0.6 is 11.8 Å². The smallest absolute Gasteiger partial charge is 0.0897 e. The van der Waals surface area contributed by atoms with Crippen LogP contribution in [0.25, 0.3) is 0 Å². The van der Waals surface area contributed by atoms with Crippen molar-refractivity contribution in [2.24, 2.45) is 0 Å². The second kappa shape index (κ2) is 10.5. The average molecular weight is 233 g/mol. The average Bonchev–Trinajstić information content (AvgIpc) is 2.20. The summed E-state index contributed by atoms with van der Waals surface area (Å²) in [4.78, 5) is 0. The maximum absolute atomic E-state index is 9.49. The fourth-order valence-corrected chi connectivity index (χ4v) is 1.56. The zero-order valence-corrected chi connectivity index (χ0v) is 10.6. The van der Waals surface area contributed by atoms with Crippen molar-refractivity contribution in [2.45, 2.75) is 26.1 Å². The van der Waals surface area contributed by atoms with E-state index in [-0.39, 0.29) is 6.10 Å². The summed E-state index contributed by atoms with van der Waals surface area (Å²) in [5, 5.41) is 12.7. The molecule has 0 aromatic carbocycles. The minimum Gasteiger partial charge on any atom is -0.389 e. The molecule has 0 saturated carbocycles. The lowest BCUT2D eigenvalue weighted by atomic mass is 10.3. The molecule has 0 rings (SSSR count). The molecule has 0 aliphatic carbocycles. The fourth-order valence-electron chi connectivity index (χ4n) is 0.942. The van der Waals surface area contributed by atoms with Crippen molar-refractivity contribution in [1.82, 2.24) is 5.32 Å². The molecular weight excluding hydrogens is 210 g/mol. The summed E-state index contributed by atoms with van der Waals surface area (Å²) >= 11 is 1.83. The quantitative estimate of drug-likeness (QED) is 0.440. The highest BCUT2D eigenvalue weighted by atomic mass is 32.2. The number of hydrogen-bond acceptors (Lipinski definition) is 4. The number of nitrogens with one attached hydrogen (secondary N) is 1. The first-order chi connectivity index (χ1) is 7.16. The van der Waals surface area contributed by atoms with E-state index >= 15 is 0 Å². The van der Waals surface area contributed by atoms with E-state index in [1.54, 1.807) is 0 Å². The number of rotatable bonds is 10. The summed E-state index contributed by atoms with van der Waals surface area (Å²) in [7, 11) is 0. The van der Waals surface area contributed by atoms with E-state index < -0.39 is 6.10 Å². The normalized spacial score (nSPS) is 13.1. The van der Waals surface area contributed by atoms with E-state index in [2.05, 4.69) is 11.9 Å². The van der Waals surface area contributed by atoms with Crippen LogP contribution in [0.2, 0.25) is 0 Å². The molecule has 0 saturated heterocycles. The first-order valence-corrected chi connectivity index (χ1v) is 6.51. The molecule has 0 bridgehead atoms. The maximum Gasteiger partial charge on any atom is 0.0897 e. The number of aliphatic hydroxyl groups excluding tert-OH is 1. The van der Waals surface area contributed by atoms with E-state index in [1.165, 1.54) is 0 Å². The van der Waals surface area contributed by atoms with Crippen molar-refractivity contribution >= 4 is 11.8 Å². The van der Waals surface area contributed by atoms with Crippen LogP contribution in [0.1, 0.15) is 13.8 Å². The van der Waals surface area contributed by atoms with Gasteiger partial charge in [-0.05, 0) is 13.8 Å². The molecule has 3 nitrogen and oxygen atoms in total. The molecule has 0 radical (unpaired) electrons. The Morgan fingerprint density at radius 3 is 2.87 bits per heavy atom. The van der Waals surface area contributed by atoms with Crippen LogP contribution in [-0.4, -0.2) is 48.5 Å². The van der Waals surface area contributed by atoms with Gasteiger partial charge in [-0.15, -0.1) is 6.58 Å². The van der Waals surface area contributed by atoms with Crippen LogP contribution < -0.4 is 5.32 Å². The Hall–Kier alpha value is -0.0300. The first kappa shape index (κ1) is 15.0. The number of ether oxygens (including phenoxy) is 1. The first-order valence-electron chi connectivity index (χ1n) is 5.35. The van der Waals surface area contributed by atoms with Gasteiger partial charge in [-0.25, -0.2) is 0 Å². The number of hydrogen-bond donors (Lipinski definition) is 2. The van der Waals surface area contributed by atoms with Crippen LogP contribution in [0.5, 0.6) is 0 Å². The maximum atomic E-state index is 9.49. The molecular formula is C11H23NO2S. The van der Waals surface area contributed by atoms with E-state index in [0.717, 1.165) is 18.1 Å². The highest BCUT2D eigenvalue weighted by Crippen LogP contribution is 1.97. The van der Waals surface area contributed by atoms with Gasteiger partial charge in [0.1, 0.15) is 0 Å². The Bertz CT molecular complexity index is 154. The fraction of sp³-hybridized carbons (Fsp3) is 0.818. The summed E-state index contributed by atoms with van der Waals surface area (Å²) in [6.45, 7) is 9.50. The molecule has 0 aliphatic rings. The summed E-state index contributed by atoms with van der Waals surface area (Å²) < 4.78 is 5.29. The minimum absolute atomic E-state index is 0.183. The molecule has 1 atom stereocenters. The van der Waals surface area contributed by atoms with Crippen molar-refractivity contribution in [1.29, 1.82) is 0 Å². The molecule has 90 valence electrons. The Morgan fingerprint density at radius 2 is 2.27 bits per heavy atom. The van der Waals surface area contributed by atoms with Gasteiger partial charge in [0.2, 0.25) is 0 Å². The lowest BCUT2D eigenvalue weighted by Gasteiger charge is -2.13. The van der Waals surface area contributed by atoms with Gasteiger partial charge in [-0.2, -0.15) is 11.8 Å². The van der Waals surface area contributed by atoms with E-state index in [9.17, 15) is 5.11 Å². The lowest BCUT2D eigenvalue weighted by Crippen LogP contribution is -2.32. The third kappa shape index (κ3) is 11.9. The van der Waals surface area contributed by atoms with E-state index in [0.29, 0.717) is 13.2 Å². The van der Waals surface area contributed by atoms with Crippen molar-refractivity contribution in [3.8, 4) is 0 Å². The Labute approximate surface area is 97.3 Å². The van der Waals surface area contributed by atoms with Crippen molar-refractivity contribution in [2.75, 3.05) is 31.2 Å². The third-order valence-corrected chi connectivity index (χ3v) is 2.62. The Kier molecular flexibility index (Phi) is 10.5. The summed E-state index contributed by atoms with van der Waals surface area (Å²) in [5.41, 5.74) is 0. The standard InChI is InChI=1S/C11H23NO2S/c1-4-6-15-7-5-12-8-11(13)9-14-10(2)3/h4,10-13H,1,5-9H2,2-3H3. The number of thioether (sulfide) groups is 1. The SMILES string of the molecule is C=CCSCCNCC(O)COC(C)C.